The second-order valence-electron chi connectivity index (χ2n) is 7.12. The van der Waals surface area contributed by atoms with Crippen LogP contribution in [0.25, 0.3) is 0 Å². The normalized spacial score (nSPS) is 23.4. The van der Waals surface area contributed by atoms with Crippen LogP contribution in [0.2, 0.25) is 0 Å². The molecular formula is C18H23N3O4. The second kappa shape index (κ2) is 6.29. The Morgan fingerprint density at radius 2 is 2.16 bits per heavy atom. The van der Waals surface area contributed by atoms with Crippen molar-refractivity contribution in [1.29, 1.82) is 0 Å². The molecule has 1 aliphatic heterocycles. The molecule has 2 fully saturated rings. The third kappa shape index (κ3) is 3.08. The van der Waals surface area contributed by atoms with Gasteiger partial charge in [-0.15, -0.1) is 0 Å². The first-order valence-corrected chi connectivity index (χ1v) is 8.75. The van der Waals surface area contributed by atoms with Gasteiger partial charge in [0.25, 0.3) is 5.91 Å². The van der Waals surface area contributed by atoms with Gasteiger partial charge in [-0.25, -0.2) is 0 Å². The minimum absolute atomic E-state index is 0.0113. The van der Waals surface area contributed by atoms with Gasteiger partial charge in [-0.3, -0.25) is 4.79 Å². The van der Waals surface area contributed by atoms with Gasteiger partial charge in [0.2, 0.25) is 5.89 Å². The van der Waals surface area contributed by atoms with E-state index in [1.165, 1.54) is 0 Å². The van der Waals surface area contributed by atoms with Crippen molar-refractivity contribution in [3.63, 3.8) is 0 Å². The van der Waals surface area contributed by atoms with Crippen molar-refractivity contribution in [1.82, 2.24) is 15.0 Å². The summed E-state index contributed by atoms with van der Waals surface area (Å²) in [7, 11) is 1.68. The first-order valence-electron chi connectivity index (χ1n) is 8.75. The summed E-state index contributed by atoms with van der Waals surface area (Å²) >= 11 is 0. The van der Waals surface area contributed by atoms with Crippen molar-refractivity contribution in [2.45, 2.75) is 38.5 Å². The van der Waals surface area contributed by atoms with E-state index < -0.39 is 0 Å². The van der Waals surface area contributed by atoms with Crippen LogP contribution in [-0.2, 0) is 4.74 Å². The van der Waals surface area contributed by atoms with Crippen LogP contribution < -0.4 is 0 Å². The van der Waals surface area contributed by atoms with Gasteiger partial charge in [0.15, 0.2) is 5.82 Å². The largest absolute Gasteiger partial charge is 0.466 e. The molecule has 0 radical (unpaired) electrons. The molecule has 7 nitrogen and oxygen atoms in total. The number of furan rings is 1. The Bertz CT molecular complexity index is 777. The van der Waals surface area contributed by atoms with Gasteiger partial charge >= 0.3 is 0 Å². The summed E-state index contributed by atoms with van der Waals surface area (Å²) in [6, 6.07) is 1.80. The van der Waals surface area contributed by atoms with Gasteiger partial charge < -0.3 is 18.6 Å². The Hall–Kier alpha value is -2.15. The number of ether oxygens (including phenoxy) is 1. The summed E-state index contributed by atoms with van der Waals surface area (Å²) in [6.45, 7) is 5.40. The van der Waals surface area contributed by atoms with Crippen LogP contribution in [0.4, 0.5) is 0 Å². The molecule has 2 atom stereocenters. The molecule has 0 N–H and O–H groups in total. The van der Waals surface area contributed by atoms with Crippen LogP contribution in [-0.4, -0.2) is 47.8 Å². The highest BCUT2D eigenvalue weighted by Gasteiger charge is 2.41. The molecule has 1 saturated heterocycles. The minimum atomic E-state index is -0.0140. The summed E-state index contributed by atoms with van der Waals surface area (Å²) in [6.07, 6.45) is 2.27. The number of carbonyl (C=O) groups excluding carboxylic acids is 1. The highest BCUT2D eigenvalue weighted by atomic mass is 16.5. The van der Waals surface area contributed by atoms with E-state index in [-0.39, 0.29) is 17.7 Å². The van der Waals surface area contributed by atoms with Crippen molar-refractivity contribution in [3.8, 4) is 0 Å². The summed E-state index contributed by atoms with van der Waals surface area (Å²) in [5.41, 5.74) is 0.624. The second-order valence-corrected chi connectivity index (χ2v) is 7.12. The molecule has 4 rings (SSSR count). The molecule has 0 bridgehead atoms. The smallest absolute Gasteiger partial charge is 0.257 e. The predicted octanol–water partition coefficient (Wildman–Crippen LogP) is 2.66. The van der Waals surface area contributed by atoms with E-state index in [4.69, 9.17) is 13.7 Å². The standard InChI is InChI=1S/C18H23N3O4/c1-10-6-14(11(2)24-10)18(22)21-7-13(9-23-3)15(8-21)17-19-16(20-25-17)12-4-5-12/h6,12-13,15H,4-5,7-9H2,1-3H3/t13-,15+/m0/s1. The first-order chi connectivity index (χ1) is 12.1. The summed E-state index contributed by atoms with van der Waals surface area (Å²) in [5, 5.41) is 4.12. The fourth-order valence-electron chi connectivity index (χ4n) is 3.62. The molecule has 1 saturated carbocycles. The fraction of sp³-hybridized carbons (Fsp3) is 0.611. The summed E-state index contributed by atoms with van der Waals surface area (Å²) in [5.74, 6) is 3.43. The fourth-order valence-corrected chi connectivity index (χ4v) is 3.62. The van der Waals surface area contributed by atoms with Gasteiger partial charge in [-0.2, -0.15) is 4.98 Å². The molecule has 2 aliphatic rings. The lowest BCUT2D eigenvalue weighted by Crippen LogP contribution is -2.29. The molecule has 0 aromatic carbocycles. The number of aromatic nitrogens is 2. The maximum atomic E-state index is 12.9. The number of carbonyl (C=O) groups is 1. The number of amides is 1. The number of aryl methyl sites for hydroxylation is 2. The molecule has 134 valence electrons. The molecule has 7 heteroatoms. The molecule has 3 heterocycles. The molecule has 2 aromatic heterocycles. The van der Waals surface area contributed by atoms with Gasteiger partial charge in [0, 0.05) is 32.0 Å². The third-order valence-corrected chi connectivity index (χ3v) is 5.10. The Labute approximate surface area is 146 Å². The Morgan fingerprint density at radius 3 is 2.80 bits per heavy atom. The lowest BCUT2D eigenvalue weighted by atomic mass is 9.97. The Morgan fingerprint density at radius 1 is 1.36 bits per heavy atom. The van der Waals surface area contributed by atoms with Crippen molar-refractivity contribution in [2.24, 2.45) is 5.92 Å². The quantitative estimate of drug-likeness (QED) is 0.829. The van der Waals surface area contributed by atoms with E-state index in [0.717, 1.165) is 24.4 Å². The van der Waals surface area contributed by atoms with Crippen LogP contribution in [0.5, 0.6) is 0 Å². The maximum absolute atomic E-state index is 12.9. The average Bonchev–Trinajstić information content (AvgIpc) is 3.02. The number of methoxy groups -OCH3 is 1. The van der Waals surface area contributed by atoms with Crippen molar-refractivity contribution in [3.05, 3.63) is 34.9 Å². The minimum Gasteiger partial charge on any atom is -0.466 e. The maximum Gasteiger partial charge on any atom is 0.257 e. The molecule has 1 amide bonds. The zero-order chi connectivity index (χ0) is 17.6. The number of hydrogen-bond donors (Lipinski definition) is 0. The van der Waals surface area contributed by atoms with Gasteiger partial charge in [-0.1, -0.05) is 5.16 Å². The van der Waals surface area contributed by atoms with Crippen molar-refractivity contribution < 1.29 is 18.5 Å². The monoisotopic (exact) mass is 345 g/mol. The summed E-state index contributed by atoms with van der Waals surface area (Å²) < 4.78 is 16.4. The number of hydrogen-bond acceptors (Lipinski definition) is 6. The van der Waals surface area contributed by atoms with E-state index >= 15 is 0 Å². The highest BCUT2D eigenvalue weighted by Crippen LogP contribution is 2.40. The molecule has 1 aliphatic carbocycles. The van der Waals surface area contributed by atoms with Gasteiger partial charge in [0.1, 0.15) is 11.5 Å². The zero-order valence-corrected chi connectivity index (χ0v) is 14.8. The number of nitrogens with zero attached hydrogens (tertiary/aromatic N) is 3. The number of rotatable bonds is 5. The lowest BCUT2D eigenvalue weighted by Gasteiger charge is -2.15. The molecule has 0 unspecified atom stereocenters. The van der Waals surface area contributed by atoms with Gasteiger partial charge in [0.05, 0.1) is 18.1 Å². The average molecular weight is 345 g/mol. The van der Waals surface area contributed by atoms with Crippen LogP contribution in [0.15, 0.2) is 15.0 Å². The number of likely N-dealkylation sites (tertiary alicyclic amines) is 1. The molecule has 2 aromatic rings. The molecular weight excluding hydrogens is 322 g/mol. The predicted molar refractivity (Wildman–Crippen MR) is 88.5 cm³/mol. The zero-order valence-electron chi connectivity index (χ0n) is 14.8. The van der Waals surface area contributed by atoms with E-state index in [1.807, 2.05) is 18.7 Å². The Balaban J connectivity index is 1.55. The van der Waals surface area contributed by atoms with Crippen LogP contribution in [0.3, 0.4) is 0 Å². The van der Waals surface area contributed by atoms with E-state index in [9.17, 15) is 4.79 Å². The van der Waals surface area contributed by atoms with E-state index in [1.54, 1.807) is 13.2 Å². The molecule has 0 spiro atoms. The summed E-state index contributed by atoms with van der Waals surface area (Å²) in [4.78, 5) is 19.3. The SMILES string of the molecule is COC[C@@H]1CN(C(=O)c2cc(C)oc2C)C[C@H]1c1nc(C2CC2)no1. The van der Waals surface area contributed by atoms with Crippen molar-refractivity contribution in [2.75, 3.05) is 26.8 Å². The third-order valence-electron chi connectivity index (χ3n) is 5.10. The van der Waals surface area contributed by atoms with Crippen LogP contribution in [0.1, 0.15) is 58.3 Å². The van der Waals surface area contributed by atoms with Gasteiger partial charge in [-0.05, 0) is 32.8 Å². The van der Waals surface area contributed by atoms with Crippen LogP contribution >= 0.6 is 0 Å². The lowest BCUT2D eigenvalue weighted by molar-refractivity contribution is 0.0773. The van der Waals surface area contributed by atoms with E-state index in [0.29, 0.717) is 42.8 Å². The topological polar surface area (TPSA) is 81.6 Å². The van der Waals surface area contributed by atoms with Crippen LogP contribution in [0, 0.1) is 19.8 Å². The molecule has 25 heavy (non-hydrogen) atoms. The Kier molecular flexibility index (Phi) is 4.11. The van der Waals surface area contributed by atoms with Crippen molar-refractivity contribution >= 4 is 5.91 Å². The first kappa shape index (κ1) is 16.3. The van der Waals surface area contributed by atoms with E-state index in [2.05, 4.69) is 10.1 Å². The highest BCUT2D eigenvalue weighted by molar-refractivity contribution is 5.95.